The lowest BCUT2D eigenvalue weighted by Crippen LogP contribution is -2.48. The summed E-state index contributed by atoms with van der Waals surface area (Å²) < 4.78 is 5.44. The van der Waals surface area contributed by atoms with Crippen molar-refractivity contribution in [2.24, 2.45) is 11.3 Å². The molecule has 0 amide bonds. The molecule has 0 heterocycles. The molecule has 3 rings (SSSR count). The second kappa shape index (κ2) is 4.77. The van der Waals surface area contributed by atoms with Gasteiger partial charge in [0.15, 0.2) is 0 Å². The van der Waals surface area contributed by atoms with Gasteiger partial charge in [0, 0.05) is 0 Å². The van der Waals surface area contributed by atoms with E-state index in [4.69, 9.17) is 4.74 Å². The zero-order valence-electron chi connectivity index (χ0n) is 13.6. The monoisotopic (exact) mass is 283 g/mol. The van der Waals surface area contributed by atoms with Crippen LogP contribution in [0, 0.1) is 22.7 Å². The molecule has 21 heavy (non-hydrogen) atoms. The Balaban J connectivity index is 2.19. The molecular formula is C19H25NO. The molecule has 2 aliphatic carbocycles. The first-order chi connectivity index (χ1) is 9.92. The minimum atomic E-state index is 0.0290. The molecule has 112 valence electrons. The van der Waals surface area contributed by atoms with Gasteiger partial charge in [-0.25, -0.2) is 0 Å². The third kappa shape index (κ3) is 2.06. The zero-order valence-corrected chi connectivity index (χ0v) is 13.6. The van der Waals surface area contributed by atoms with E-state index in [1.54, 1.807) is 7.11 Å². The first kappa shape index (κ1) is 14.4. The molecule has 2 heteroatoms. The highest BCUT2D eigenvalue weighted by Crippen LogP contribution is 2.59. The Morgan fingerprint density at radius 3 is 2.67 bits per heavy atom. The third-order valence-electron chi connectivity index (χ3n) is 6.11. The summed E-state index contributed by atoms with van der Waals surface area (Å²) in [6, 6.07) is 8.85. The Kier molecular flexibility index (Phi) is 3.28. The Morgan fingerprint density at radius 1 is 1.24 bits per heavy atom. The van der Waals surface area contributed by atoms with Gasteiger partial charge in [0.1, 0.15) is 5.75 Å². The number of rotatable bonds is 1. The van der Waals surface area contributed by atoms with E-state index in [2.05, 4.69) is 39.0 Å². The van der Waals surface area contributed by atoms with Gasteiger partial charge in [-0.3, -0.25) is 0 Å². The molecule has 2 nitrogen and oxygen atoms in total. The average molecular weight is 283 g/mol. The molecule has 0 N–H and O–H groups in total. The van der Waals surface area contributed by atoms with Crippen molar-refractivity contribution in [1.82, 2.24) is 0 Å². The molecule has 0 aliphatic heterocycles. The number of methoxy groups -OCH3 is 1. The smallest absolute Gasteiger partial charge is 0.119 e. The van der Waals surface area contributed by atoms with E-state index in [0.717, 1.165) is 12.2 Å². The van der Waals surface area contributed by atoms with Crippen LogP contribution in [0.2, 0.25) is 0 Å². The van der Waals surface area contributed by atoms with Crippen LogP contribution in [0.4, 0.5) is 0 Å². The Bertz CT molecular complexity index is 598. The van der Waals surface area contributed by atoms with E-state index in [9.17, 15) is 5.26 Å². The summed E-state index contributed by atoms with van der Waals surface area (Å²) in [5.74, 6) is 1.51. The fraction of sp³-hybridized carbons (Fsp3) is 0.632. The molecule has 1 fully saturated rings. The van der Waals surface area contributed by atoms with E-state index in [1.807, 2.05) is 6.07 Å². The third-order valence-corrected chi connectivity index (χ3v) is 6.11. The summed E-state index contributed by atoms with van der Waals surface area (Å²) in [5, 5.41) is 9.63. The van der Waals surface area contributed by atoms with Crippen LogP contribution in [0.3, 0.4) is 0 Å². The number of fused-ring (bicyclic) bond motifs is 3. The van der Waals surface area contributed by atoms with Crippen LogP contribution in [0.25, 0.3) is 0 Å². The highest BCUT2D eigenvalue weighted by Gasteiger charge is 2.51. The van der Waals surface area contributed by atoms with Gasteiger partial charge in [-0.2, -0.15) is 5.26 Å². The quantitative estimate of drug-likeness (QED) is 0.742. The predicted octanol–water partition coefficient (Wildman–Crippen LogP) is 4.79. The van der Waals surface area contributed by atoms with E-state index >= 15 is 0 Å². The number of hydrogen-bond donors (Lipinski definition) is 0. The SMILES string of the molecule is COc1ccc2c(c1)[C@@]1(C)CCCC(C)(C)[C@@H]1C[C@H]2C#N. The average Bonchev–Trinajstić information content (AvgIpc) is 2.46. The van der Waals surface area contributed by atoms with Crippen LogP contribution in [0.1, 0.15) is 63.5 Å². The molecule has 0 unspecified atom stereocenters. The van der Waals surface area contributed by atoms with Gasteiger partial charge in [0.05, 0.1) is 19.1 Å². The highest BCUT2D eigenvalue weighted by atomic mass is 16.5. The fourth-order valence-corrected chi connectivity index (χ4v) is 4.97. The van der Waals surface area contributed by atoms with Crippen LogP contribution in [0.15, 0.2) is 18.2 Å². The van der Waals surface area contributed by atoms with E-state index < -0.39 is 0 Å². The maximum atomic E-state index is 9.63. The van der Waals surface area contributed by atoms with Crippen LogP contribution < -0.4 is 4.74 Å². The van der Waals surface area contributed by atoms with E-state index in [1.165, 1.54) is 30.4 Å². The van der Waals surface area contributed by atoms with Gasteiger partial charge in [-0.15, -0.1) is 0 Å². The molecule has 0 spiro atoms. The molecule has 3 atom stereocenters. The largest absolute Gasteiger partial charge is 0.497 e. The highest BCUT2D eigenvalue weighted by molar-refractivity contribution is 5.47. The first-order valence-electron chi connectivity index (χ1n) is 8.00. The Labute approximate surface area is 128 Å². The summed E-state index contributed by atoms with van der Waals surface area (Å²) in [4.78, 5) is 0. The fourth-order valence-electron chi connectivity index (χ4n) is 4.97. The van der Waals surface area contributed by atoms with Crippen molar-refractivity contribution >= 4 is 0 Å². The number of ether oxygens (including phenoxy) is 1. The number of nitrogens with zero attached hydrogens (tertiary/aromatic N) is 1. The van der Waals surface area contributed by atoms with Crippen molar-refractivity contribution < 1.29 is 4.74 Å². The lowest BCUT2D eigenvalue weighted by molar-refractivity contribution is 0.0372. The van der Waals surface area contributed by atoms with E-state index in [0.29, 0.717) is 11.3 Å². The number of nitriles is 1. The number of hydrogen-bond acceptors (Lipinski definition) is 2. The number of benzene rings is 1. The second-order valence-electron chi connectivity index (χ2n) is 7.68. The van der Waals surface area contributed by atoms with Crippen LogP contribution >= 0.6 is 0 Å². The van der Waals surface area contributed by atoms with Crippen LogP contribution in [-0.4, -0.2) is 7.11 Å². The van der Waals surface area contributed by atoms with Gasteiger partial charge < -0.3 is 4.74 Å². The van der Waals surface area contributed by atoms with Crippen molar-refractivity contribution in [3.63, 3.8) is 0 Å². The standard InChI is InChI=1S/C19H25NO/c1-18(2)8-5-9-19(3)16-11-14(21-4)6-7-15(16)13(12-20)10-17(18)19/h6-7,11,13,17H,5,8-10H2,1-4H3/t13-,17-,19+/m0/s1. The van der Waals surface area contributed by atoms with Crippen molar-refractivity contribution in [2.45, 2.75) is 57.8 Å². The lowest BCUT2D eigenvalue weighted by Gasteiger charge is -2.55. The van der Waals surface area contributed by atoms with Gasteiger partial charge >= 0.3 is 0 Å². The minimum absolute atomic E-state index is 0.0290. The Morgan fingerprint density at radius 2 is 2.00 bits per heavy atom. The van der Waals surface area contributed by atoms with Gasteiger partial charge in [-0.05, 0) is 59.3 Å². The zero-order chi connectivity index (χ0) is 15.3. The second-order valence-corrected chi connectivity index (χ2v) is 7.68. The van der Waals surface area contributed by atoms with Crippen molar-refractivity contribution in [3.8, 4) is 11.8 Å². The molecule has 2 aliphatic rings. The van der Waals surface area contributed by atoms with Crippen LogP contribution in [-0.2, 0) is 5.41 Å². The summed E-state index contributed by atoms with van der Waals surface area (Å²) in [6.07, 6.45) is 4.76. The molecule has 1 aromatic rings. The molecular weight excluding hydrogens is 258 g/mol. The predicted molar refractivity (Wildman–Crippen MR) is 84.4 cm³/mol. The summed E-state index contributed by atoms with van der Waals surface area (Å²) in [7, 11) is 1.72. The maximum absolute atomic E-state index is 9.63. The molecule has 0 aromatic heterocycles. The molecule has 0 bridgehead atoms. The molecule has 1 saturated carbocycles. The molecule has 0 saturated heterocycles. The first-order valence-corrected chi connectivity index (χ1v) is 8.00. The topological polar surface area (TPSA) is 33.0 Å². The van der Waals surface area contributed by atoms with Gasteiger partial charge in [0.2, 0.25) is 0 Å². The van der Waals surface area contributed by atoms with Gasteiger partial charge in [0.25, 0.3) is 0 Å². The summed E-state index contributed by atoms with van der Waals surface area (Å²) in [6.45, 7) is 7.17. The van der Waals surface area contributed by atoms with E-state index in [-0.39, 0.29) is 11.3 Å². The normalized spacial score (nSPS) is 33.5. The van der Waals surface area contributed by atoms with Crippen LogP contribution in [0.5, 0.6) is 5.75 Å². The lowest BCUT2D eigenvalue weighted by atomic mass is 9.49. The minimum Gasteiger partial charge on any atom is -0.497 e. The Hall–Kier alpha value is -1.49. The maximum Gasteiger partial charge on any atom is 0.119 e. The van der Waals surface area contributed by atoms with Crippen molar-refractivity contribution in [1.29, 1.82) is 5.26 Å². The molecule has 0 radical (unpaired) electrons. The van der Waals surface area contributed by atoms with Crippen molar-refractivity contribution in [2.75, 3.05) is 7.11 Å². The summed E-state index contributed by atoms with van der Waals surface area (Å²) >= 11 is 0. The molecule has 1 aromatic carbocycles. The van der Waals surface area contributed by atoms with Gasteiger partial charge in [-0.1, -0.05) is 33.3 Å². The summed E-state index contributed by atoms with van der Waals surface area (Å²) in [5.41, 5.74) is 3.08. The van der Waals surface area contributed by atoms with Crippen molar-refractivity contribution in [3.05, 3.63) is 29.3 Å².